The van der Waals surface area contributed by atoms with Crippen LogP contribution in [0.3, 0.4) is 0 Å². The maximum atomic E-state index is 9.47. The fourth-order valence-electron chi connectivity index (χ4n) is 3.06. The molecular weight excluding hydrogens is 322 g/mol. The van der Waals surface area contributed by atoms with Crippen molar-refractivity contribution in [2.75, 3.05) is 6.61 Å². The lowest BCUT2D eigenvalue weighted by Gasteiger charge is -2.18. The third-order valence-electron chi connectivity index (χ3n) is 4.79. The zero-order valence-electron chi connectivity index (χ0n) is 15.5. The van der Waals surface area contributed by atoms with Gasteiger partial charge in [-0.3, -0.25) is 0 Å². The van der Waals surface area contributed by atoms with E-state index in [0.29, 0.717) is 13.2 Å². The van der Waals surface area contributed by atoms with E-state index in [4.69, 9.17) is 4.74 Å². The number of aliphatic hydroxyl groups excluding tert-OH is 1. The van der Waals surface area contributed by atoms with Gasteiger partial charge in [0.25, 0.3) is 0 Å². The minimum absolute atomic E-state index is 0.0962. The quantitative estimate of drug-likeness (QED) is 0.625. The standard InChI is InChI=1S/C23H27NO2/c1-3-20(15-25)24-14-22-21-7-5-4-6-19(21)12-13-23(22)26-16-18-10-8-17(2)9-11-18/h4-13,20,24-25H,3,14-16H2,1-2H3/t20-/m0/s1. The molecule has 0 aliphatic rings. The van der Waals surface area contributed by atoms with Gasteiger partial charge < -0.3 is 15.2 Å². The van der Waals surface area contributed by atoms with E-state index in [1.165, 1.54) is 16.3 Å². The van der Waals surface area contributed by atoms with E-state index < -0.39 is 0 Å². The van der Waals surface area contributed by atoms with Gasteiger partial charge in [0.15, 0.2) is 0 Å². The molecule has 3 nitrogen and oxygen atoms in total. The number of ether oxygens (including phenoxy) is 1. The molecule has 3 aromatic carbocycles. The summed E-state index contributed by atoms with van der Waals surface area (Å²) in [5.41, 5.74) is 3.55. The SMILES string of the molecule is CC[C@@H](CO)NCc1c(OCc2ccc(C)cc2)ccc2ccccc12. The summed E-state index contributed by atoms with van der Waals surface area (Å²) in [6.07, 6.45) is 0.890. The van der Waals surface area contributed by atoms with Gasteiger partial charge >= 0.3 is 0 Å². The number of benzene rings is 3. The summed E-state index contributed by atoms with van der Waals surface area (Å²) in [7, 11) is 0. The van der Waals surface area contributed by atoms with Crippen molar-refractivity contribution < 1.29 is 9.84 Å². The fourth-order valence-corrected chi connectivity index (χ4v) is 3.06. The highest BCUT2D eigenvalue weighted by atomic mass is 16.5. The summed E-state index contributed by atoms with van der Waals surface area (Å²) in [6.45, 7) is 5.52. The third-order valence-corrected chi connectivity index (χ3v) is 4.79. The molecule has 0 unspecified atom stereocenters. The Morgan fingerprint density at radius 3 is 2.50 bits per heavy atom. The van der Waals surface area contributed by atoms with Crippen molar-refractivity contribution >= 4 is 10.8 Å². The molecule has 0 saturated carbocycles. The molecule has 1 atom stereocenters. The average molecular weight is 349 g/mol. The van der Waals surface area contributed by atoms with Crippen molar-refractivity contribution in [2.24, 2.45) is 0 Å². The second-order valence-corrected chi connectivity index (χ2v) is 6.71. The van der Waals surface area contributed by atoms with Crippen molar-refractivity contribution in [3.63, 3.8) is 0 Å². The Morgan fingerprint density at radius 2 is 1.77 bits per heavy atom. The van der Waals surface area contributed by atoms with Gasteiger partial charge in [-0.05, 0) is 35.7 Å². The highest BCUT2D eigenvalue weighted by Crippen LogP contribution is 2.29. The molecular formula is C23H27NO2. The fraction of sp³-hybridized carbons (Fsp3) is 0.304. The van der Waals surface area contributed by atoms with E-state index >= 15 is 0 Å². The Hall–Kier alpha value is -2.36. The Labute approximate surface area is 155 Å². The van der Waals surface area contributed by atoms with Crippen LogP contribution in [0.15, 0.2) is 60.7 Å². The lowest BCUT2D eigenvalue weighted by Crippen LogP contribution is -2.31. The van der Waals surface area contributed by atoms with Crippen LogP contribution >= 0.6 is 0 Å². The van der Waals surface area contributed by atoms with Gasteiger partial charge in [0.2, 0.25) is 0 Å². The molecule has 0 aromatic heterocycles. The molecule has 136 valence electrons. The summed E-state index contributed by atoms with van der Waals surface area (Å²) in [6, 6.07) is 21.0. The Morgan fingerprint density at radius 1 is 1.00 bits per heavy atom. The van der Waals surface area contributed by atoms with Crippen molar-refractivity contribution in [3.8, 4) is 5.75 Å². The molecule has 0 aliphatic carbocycles. The van der Waals surface area contributed by atoms with Gasteiger partial charge in [-0.25, -0.2) is 0 Å². The van der Waals surface area contributed by atoms with Gasteiger partial charge in [0.05, 0.1) is 6.61 Å². The molecule has 3 aromatic rings. The molecule has 2 N–H and O–H groups in total. The third kappa shape index (κ3) is 4.43. The summed E-state index contributed by atoms with van der Waals surface area (Å²) < 4.78 is 6.17. The van der Waals surface area contributed by atoms with Crippen LogP contribution in [0.1, 0.15) is 30.0 Å². The number of aryl methyl sites for hydroxylation is 1. The predicted octanol–water partition coefficient (Wildman–Crippen LogP) is 4.59. The van der Waals surface area contributed by atoms with Gasteiger partial charge in [-0.15, -0.1) is 0 Å². The maximum Gasteiger partial charge on any atom is 0.124 e. The lowest BCUT2D eigenvalue weighted by molar-refractivity contribution is 0.237. The maximum absolute atomic E-state index is 9.47. The number of rotatable bonds is 8. The predicted molar refractivity (Wildman–Crippen MR) is 107 cm³/mol. The van der Waals surface area contributed by atoms with Crippen LogP contribution in [0.4, 0.5) is 0 Å². The zero-order chi connectivity index (χ0) is 18.4. The molecule has 0 aliphatic heterocycles. The van der Waals surface area contributed by atoms with E-state index in [0.717, 1.165) is 23.3 Å². The minimum atomic E-state index is 0.0962. The second kappa shape index (κ2) is 8.84. The summed E-state index contributed by atoms with van der Waals surface area (Å²) >= 11 is 0. The number of hydrogen-bond donors (Lipinski definition) is 2. The van der Waals surface area contributed by atoms with E-state index in [9.17, 15) is 5.11 Å². The van der Waals surface area contributed by atoms with Crippen LogP contribution in [-0.4, -0.2) is 17.8 Å². The normalized spacial score (nSPS) is 12.3. The second-order valence-electron chi connectivity index (χ2n) is 6.71. The van der Waals surface area contributed by atoms with E-state index in [-0.39, 0.29) is 12.6 Å². The van der Waals surface area contributed by atoms with Gasteiger partial charge in [-0.2, -0.15) is 0 Å². The Kier molecular flexibility index (Phi) is 6.26. The average Bonchev–Trinajstić information content (AvgIpc) is 2.68. The lowest BCUT2D eigenvalue weighted by atomic mass is 10.0. The highest BCUT2D eigenvalue weighted by Gasteiger charge is 2.11. The molecule has 3 rings (SSSR count). The van der Waals surface area contributed by atoms with Gasteiger partial charge in [0.1, 0.15) is 12.4 Å². The largest absolute Gasteiger partial charge is 0.489 e. The van der Waals surface area contributed by atoms with Crippen molar-refractivity contribution in [2.45, 2.75) is 39.5 Å². The summed E-state index contributed by atoms with van der Waals surface area (Å²) in [4.78, 5) is 0. The number of aliphatic hydroxyl groups is 1. The van der Waals surface area contributed by atoms with E-state index in [1.54, 1.807) is 0 Å². The van der Waals surface area contributed by atoms with Crippen LogP contribution in [0.2, 0.25) is 0 Å². The first-order valence-corrected chi connectivity index (χ1v) is 9.24. The molecule has 0 amide bonds. The number of hydrogen-bond acceptors (Lipinski definition) is 3. The molecule has 0 spiro atoms. The number of nitrogens with one attached hydrogen (secondary N) is 1. The molecule has 0 fully saturated rings. The minimum Gasteiger partial charge on any atom is -0.489 e. The molecule has 26 heavy (non-hydrogen) atoms. The van der Waals surface area contributed by atoms with Gasteiger partial charge in [-0.1, -0.05) is 67.1 Å². The summed E-state index contributed by atoms with van der Waals surface area (Å²) in [5, 5.41) is 15.3. The van der Waals surface area contributed by atoms with Crippen LogP contribution in [-0.2, 0) is 13.2 Å². The van der Waals surface area contributed by atoms with Crippen molar-refractivity contribution in [3.05, 3.63) is 77.4 Å². The first-order chi connectivity index (χ1) is 12.7. The molecule has 0 radical (unpaired) electrons. The van der Waals surface area contributed by atoms with Crippen LogP contribution < -0.4 is 10.1 Å². The monoisotopic (exact) mass is 349 g/mol. The van der Waals surface area contributed by atoms with Crippen LogP contribution in [0, 0.1) is 6.92 Å². The van der Waals surface area contributed by atoms with Crippen molar-refractivity contribution in [1.82, 2.24) is 5.32 Å². The Balaban J connectivity index is 1.85. The zero-order valence-corrected chi connectivity index (χ0v) is 15.5. The number of fused-ring (bicyclic) bond motifs is 1. The van der Waals surface area contributed by atoms with Crippen LogP contribution in [0.25, 0.3) is 10.8 Å². The highest BCUT2D eigenvalue weighted by molar-refractivity contribution is 5.87. The first kappa shape index (κ1) is 18.4. The molecule has 0 saturated heterocycles. The van der Waals surface area contributed by atoms with Crippen LogP contribution in [0.5, 0.6) is 5.75 Å². The summed E-state index contributed by atoms with van der Waals surface area (Å²) in [5.74, 6) is 0.893. The molecule has 0 bridgehead atoms. The topological polar surface area (TPSA) is 41.5 Å². The van der Waals surface area contributed by atoms with Gasteiger partial charge in [0, 0.05) is 18.2 Å². The smallest absolute Gasteiger partial charge is 0.124 e. The van der Waals surface area contributed by atoms with E-state index in [1.807, 2.05) is 6.07 Å². The first-order valence-electron chi connectivity index (χ1n) is 9.24. The molecule has 0 heterocycles. The Bertz CT molecular complexity index is 838. The van der Waals surface area contributed by atoms with E-state index in [2.05, 4.69) is 73.8 Å². The molecule has 3 heteroatoms. The van der Waals surface area contributed by atoms with Crippen molar-refractivity contribution in [1.29, 1.82) is 0 Å².